The van der Waals surface area contributed by atoms with Gasteiger partial charge in [-0.1, -0.05) is 0 Å². The molecule has 1 aromatic carbocycles. The van der Waals surface area contributed by atoms with Crippen molar-refractivity contribution in [3.8, 4) is 23.3 Å². The molecule has 0 aliphatic carbocycles. The number of benzene rings is 1. The lowest BCUT2D eigenvalue weighted by Crippen LogP contribution is -1.97. The molecule has 0 bridgehead atoms. The lowest BCUT2D eigenvalue weighted by atomic mass is 10.1. The van der Waals surface area contributed by atoms with Gasteiger partial charge in [-0.15, -0.1) is 0 Å². The van der Waals surface area contributed by atoms with Crippen LogP contribution < -0.4 is 14.2 Å². The summed E-state index contributed by atoms with van der Waals surface area (Å²) >= 11 is 0. The van der Waals surface area contributed by atoms with Crippen LogP contribution in [0.25, 0.3) is 0 Å². The average molecular weight is 209 g/mol. The Bertz CT molecular complexity index is 436. The molecule has 78 valence electrons. The van der Waals surface area contributed by atoms with Crippen molar-refractivity contribution in [3.63, 3.8) is 0 Å². The van der Waals surface area contributed by atoms with Crippen molar-refractivity contribution in [2.24, 2.45) is 0 Å². The molecular weight excluding hydrogens is 201 g/mol. The molecule has 1 heterocycles. The summed E-state index contributed by atoms with van der Waals surface area (Å²) in [7, 11) is 1.35. The smallest absolute Gasteiger partial charge is 0.231 e. The number of nitrogens with zero attached hydrogens (tertiary/aromatic N) is 1. The van der Waals surface area contributed by atoms with Crippen molar-refractivity contribution in [2.45, 2.75) is 6.42 Å². The fourth-order valence-electron chi connectivity index (χ4n) is 1.52. The van der Waals surface area contributed by atoms with E-state index in [0.29, 0.717) is 17.1 Å². The minimum absolute atomic E-state index is 0.0205. The number of hydrogen-bond acceptors (Lipinski definition) is 4. The SMILES string of the molecule is COc1c(F)cc2c(c1CC#N)OCO2. The van der Waals surface area contributed by atoms with Gasteiger partial charge in [-0.2, -0.15) is 5.26 Å². The zero-order valence-electron chi connectivity index (χ0n) is 8.04. The van der Waals surface area contributed by atoms with Gasteiger partial charge in [0.25, 0.3) is 0 Å². The second-order valence-corrected chi connectivity index (χ2v) is 2.94. The maximum atomic E-state index is 13.5. The minimum atomic E-state index is -0.549. The highest BCUT2D eigenvalue weighted by molar-refractivity contribution is 5.56. The van der Waals surface area contributed by atoms with Crippen molar-refractivity contribution in [1.82, 2.24) is 0 Å². The quantitative estimate of drug-likeness (QED) is 0.742. The molecule has 0 saturated heterocycles. The maximum Gasteiger partial charge on any atom is 0.231 e. The number of halogens is 1. The lowest BCUT2D eigenvalue weighted by molar-refractivity contribution is 0.173. The summed E-state index contributed by atoms with van der Waals surface area (Å²) in [5.74, 6) is 0.209. The second-order valence-electron chi connectivity index (χ2n) is 2.94. The Balaban J connectivity index is 2.61. The third-order valence-electron chi connectivity index (χ3n) is 2.12. The number of methoxy groups -OCH3 is 1. The van der Waals surface area contributed by atoms with E-state index >= 15 is 0 Å². The van der Waals surface area contributed by atoms with Crippen LogP contribution in [0.1, 0.15) is 5.56 Å². The first kappa shape index (κ1) is 9.59. The monoisotopic (exact) mass is 209 g/mol. The van der Waals surface area contributed by atoms with Crippen LogP contribution in [0, 0.1) is 17.1 Å². The molecule has 0 fully saturated rings. The van der Waals surface area contributed by atoms with Crippen molar-refractivity contribution in [1.29, 1.82) is 5.26 Å². The topological polar surface area (TPSA) is 51.5 Å². The maximum absolute atomic E-state index is 13.5. The van der Waals surface area contributed by atoms with E-state index in [1.807, 2.05) is 6.07 Å². The fraction of sp³-hybridized carbons (Fsp3) is 0.300. The number of nitriles is 1. The third kappa shape index (κ3) is 1.44. The second kappa shape index (κ2) is 3.65. The van der Waals surface area contributed by atoms with Crippen LogP contribution in [-0.2, 0) is 6.42 Å². The number of fused-ring (bicyclic) bond motifs is 1. The molecule has 0 radical (unpaired) electrons. The van der Waals surface area contributed by atoms with E-state index in [1.165, 1.54) is 13.2 Å². The van der Waals surface area contributed by atoms with Crippen LogP contribution in [0.4, 0.5) is 4.39 Å². The van der Waals surface area contributed by atoms with Gasteiger partial charge in [-0.3, -0.25) is 0 Å². The van der Waals surface area contributed by atoms with E-state index in [0.717, 1.165) is 0 Å². The van der Waals surface area contributed by atoms with Gasteiger partial charge in [0.2, 0.25) is 6.79 Å². The molecular formula is C10H8FNO3. The van der Waals surface area contributed by atoms with Crippen LogP contribution in [0.3, 0.4) is 0 Å². The first-order valence-corrected chi connectivity index (χ1v) is 4.30. The van der Waals surface area contributed by atoms with Crippen LogP contribution >= 0.6 is 0 Å². The van der Waals surface area contributed by atoms with Gasteiger partial charge in [-0.05, 0) is 0 Å². The summed E-state index contributed by atoms with van der Waals surface area (Å²) in [5.41, 5.74) is 0.396. The Morgan fingerprint density at radius 1 is 1.60 bits per heavy atom. The van der Waals surface area contributed by atoms with Gasteiger partial charge in [-0.25, -0.2) is 4.39 Å². The summed E-state index contributed by atoms with van der Waals surface area (Å²) in [6.45, 7) is 0.0420. The molecule has 0 atom stereocenters. The Morgan fingerprint density at radius 2 is 2.40 bits per heavy atom. The molecule has 2 rings (SSSR count). The molecule has 0 aromatic heterocycles. The molecule has 0 amide bonds. The zero-order chi connectivity index (χ0) is 10.8. The molecule has 1 aromatic rings. The number of ether oxygens (including phenoxy) is 3. The largest absolute Gasteiger partial charge is 0.493 e. The Labute approximate surface area is 85.8 Å². The Kier molecular flexibility index (Phi) is 2.34. The molecule has 0 spiro atoms. The van der Waals surface area contributed by atoms with Crippen LogP contribution in [0.2, 0.25) is 0 Å². The molecule has 0 unspecified atom stereocenters. The van der Waals surface area contributed by atoms with Gasteiger partial charge in [0.15, 0.2) is 23.1 Å². The minimum Gasteiger partial charge on any atom is -0.493 e. The Hall–Kier alpha value is -1.96. The first-order chi connectivity index (χ1) is 7.27. The van der Waals surface area contributed by atoms with E-state index in [9.17, 15) is 4.39 Å². The first-order valence-electron chi connectivity index (χ1n) is 4.30. The summed E-state index contributed by atoms with van der Waals surface area (Å²) in [5, 5.41) is 8.64. The van der Waals surface area contributed by atoms with Crippen LogP contribution in [-0.4, -0.2) is 13.9 Å². The van der Waals surface area contributed by atoms with Crippen molar-refractivity contribution in [3.05, 3.63) is 17.4 Å². The molecule has 5 heteroatoms. The average Bonchev–Trinajstić information content (AvgIpc) is 2.66. The highest BCUT2D eigenvalue weighted by Gasteiger charge is 2.24. The van der Waals surface area contributed by atoms with Crippen molar-refractivity contribution >= 4 is 0 Å². The molecule has 15 heavy (non-hydrogen) atoms. The van der Waals surface area contributed by atoms with E-state index in [-0.39, 0.29) is 19.0 Å². The van der Waals surface area contributed by atoms with Gasteiger partial charge in [0, 0.05) is 6.07 Å². The number of rotatable bonds is 2. The molecule has 0 saturated carbocycles. The van der Waals surface area contributed by atoms with Gasteiger partial charge >= 0.3 is 0 Å². The van der Waals surface area contributed by atoms with E-state index in [1.54, 1.807) is 0 Å². The summed E-state index contributed by atoms with van der Waals surface area (Å²) in [4.78, 5) is 0. The third-order valence-corrected chi connectivity index (χ3v) is 2.12. The van der Waals surface area contributed by atoms with Crippen LogP contribution in [0.5, 0.6) is 17.2 Å². The standard InChI is InChI=1S/C10H8FNO3/c1-13-9-6(2-3-12)10-8(4-7(9)11)14-5-15-10/h4H,2,5H2,1H3. The molecule has 1 aliphatic rings. The molecule has 1 aliphatic heterocycles. The van der Waals surface area contributed by atoms with Gasteiger partial charge in [0.1, 0.15) is 0 Å². The van der Waals surface area contributed by atoms with E-state index < -0.39 is 5.82 Å². The van der Waals surface area contributed by atoms with E-state index in [4.69, 9.17) is 19.5 Å². The normalized spacial score (nSPS) is 12.3. The van der Waals surface area contributed by atoms with Crippen LogP contribution in [0.15, 0.2) is 6.07 Å². The van der Waals surface area contributed by atoms with Gasteiger partial charge < -0.3 is 14.2 Å². The highest BCUT2D eigenvalue weighted by Crippen LogP contribution is 2.42. The fourth-order valence-corrected chi connectivity index (χ4v) is 1.52. The van der Waals surface area contributed by atoms with Crippen molar-refractivity contribution in [2.75, 3.05) is 13.9 Å². The summed E-state index contributed by atoms with van der Waals surface area (Å²) < 4.78 is 28.5. The zero-order valence-corrected chi connectivity index (χ0v) is 8.04. The van der Waals surface area contributed by atoms with Gasteiger partial charge in [0.05, 0.1) is 25.2 Å². The molecule has 4 nitrogen and oxygen atoms in total. The van der Waals surface area contributed by atoms with E-state index in [2.05, 4.69) is 0 Å². The highest BCUT2D eigenvalue weighted by atomic mass is 19.1. The summed E-state index contributed by atoms with van der Waals surface area (Å²) in [6, 6.07) is 3.13. The lowest BCUT2D eigenvalue weighted by Gasteiger charge is -2.09. The molecule has 0 N–H and O–H groups in total. The Morgan fingerprint density at radius 3 is 3.07 bits per heavy atom. The predicted molar refractivity (Wildman–Crippen MR) is 48.4 cm³/mol. The van der Waals surface area contributed by atoms with Crippen molar-refractivity contribution < 1.29 is 18.6 Å². The summed E-state index contributed by atoms with van der Waals surface area (Å²) in [6.07, 6.45) is 0.0205. The predicted octanol–water partition coefficient (Wildman–Crippen LogP) is 1.63. The number of hydrogen-bond donors (Lipinski definition) is 0.